The highest BCUT2D eigenvalue weighted by molar-refractivity contribution is 7.79. The van der Waals surface area contributed by atoms with E-state index < -0.39 is 10.4 Å². The van der Waals surface area contributed by atoms with Crippen LogP contribution in [0, 0.1) is 0 Å². The highest BCUT2D eigenvalue weighted by Gasteiger charge is 2.08. The first kappa shape index (κ1) is 24.5. The van der Waals surface area contributed by atoms with Gasteiger partial charge in [0.25, 0.3) is 0 Å². The number of hydrogen-bond donors (Lipinski definition) is 5. The molecule has 0 aliphatic carbocycles. The van der Waals surface area contributed by atoms with Crippen LogP contribution in [-0.4, -0.2) is 52.8 Å². The number of halogens is 1. The van der Waals surface area contributed by atoms with Crippen LogP contribution >= 0.6 is 11.6 Å². The Kier molecular flexibility index (Phi) is 10.7. The van der Waals surface area contributed by atoms with E-state index in [1.165, 1.54) is 0 Å². The van der Waals surface area contributed by atoms with Gasteiger partial charge in [0.2, 0.25) is 0 Å². The van der Waals surface area contributed by atoms with Crippen LogP contribution in [0.3, 0.4) is 0 Å². The van der Waals surface area contributed by atoms with Crippen molar-refractivity contribution in [2.75, 3.05) is 18.5 Å². The molecule has 1 heterocycles. The minimum atomic E-state index is -4.67. The van der Waals surface area contributed by atoms with Gasteiger partial charge in [-0.2, -0.15) is 8.42 Å². The van der Waals surface area contributed by atoms with E-state index in [1.807, 2.05) is 30.5 Å². The zero-order valence-corrected chi connectivity index (χ0v) is 17.5. The molecule has 2 rings (SSSR count). The Morgan fingerprint density at radius 3 is 2.43 bits per heavy atom. The van der Waals surface area contributed by atoms with Crippen LogP contribution < -0.4 is 10.6 Å². The Labute approximate surface area is 170 Å². The van der Waals surface area contributed by atoms with Crippen LogP contribution in [0.4, 0.5) is 5.69 Å². The Morgan fingerprint density at radius 1 is 1.14 bits per heavy atom. The second-order valence-electron chi connectivity index (χ2n) is 6.52. The van der Waals surface area contributed by atoms with Gasteiger partial charge >= 0.3 is 10.4 Å². The number of aromatic nitrogens is 1. The van der Waals surface area contributed by atoms with E-state index in [4.69, 9.17) is 34.2 Å². The zero-order chi connectivity index (χ0) is 21.2. The summed E-state index contributed by atoms with van der Waals surface area (Å²) >= 11 is 6.03. The first-order valence-corrected chi connectivity index (χ1v) is 10.7. The van der Waals surface area contributed by atoms with Crippen LogP contribution in [-0.2, 0) is 10.4 Å². The smallest absolute Gasteiger partial charge is 0.394 e. The maximum Gasteiger partial charge on any atom is 0.394 e. The molecule has 2 atom stereocenters. The van der Waals surface area contributed by atoms with Gasteiger partial charge in [0, 0.05) is 40.9 Å². The number of benzene rings is 1. The standard InChI is InChI=1S/C18H26ClN3O.H2O4S/c1-13(20-10-11-23)4-3-5-14(2)22-17-8-9-21-18-12-15(19)6-7-16(17)18;1-5(2,3)4/h6-9,12-14,20,23H,3-5,10-11H2,1-2H3,(H,21,22);(H2,1,2,3,4). The van der Waals surface area contributed by atoms with E-state index in [-0.39, 0.29) is 6.61 Å². The van der Waals surface area contributed by atoms with E-state index in [2.05, 4.69) is 29.5 Å². The predicted octanol–water partition coefficient (Wildman–Crippen LogP) is 3.18. The summed E-state index contributed by atoms with van der Waals surface area (Å²) in [6.45, 7) is 5.23. The molecular formula is C18H28ClN3O5S. The number of aliphatic hydroxyl groups excluding tert-OH is 1. The van der Waals surface area contributed by atoms with Crippen LogP contribution in [0.5, 0.6) is 0 Å². The van der Waals surface area contributed by atoms with E-state index in [0.717, 1.165) is 35.9 Å². The normalized spacial score (nSPS) is 13.5. The maximum absolute atomic E-state index is 8.81. The number of fused-ring (bicyclic) bond motifs is 1. The lowest BCUT2D eigenvalue weighted by atomic mass is 10.1. The Hall–Kier alpha value is -1.49. The minimum Gasteiger partial charge on any atom is -0.395 e. The third kappa shape index (κ3) is 10.7. The van der Waals surface area contributed by atoms with Crippen molar-refractivity contribution >= 4 is 38.6 Å². The van der Waals surface area contributed by atoms with Gasteiger partial charge in [-0.25, -0.2) is 0 Å². The Morgan fingerprint density at radius 2 is 1.79 bits per heavy atom. The van der Waals surface area contributed by atoms with Crippen LogP contribution in [0.1, 0.15) is 33.1 Å². The minimum absolute atomic E-state index is 0.196. The lowest BCUT2D eigenvalue weighted by molar-refractivity contribution is 0.283. The molecule has 0 saturated carbocycles. The number of rotatable bonds is 9. The molecule has 28 heavy (non-hydrogen) atoms. The topological polar surface area (TPSA) is 132 Å². The summed E-state index contributed by atoms with van der Waals surface area (Å²) in [7, 11) is -4.67. The third-order valence-electron chi connectivity index (χ3n) is 3.99. The molecule has 0 radical (unpaired) electrons. The number of nitrogens with one attached hydrogen (secondary N) is 2. The van der Waals surface area contributed by atoms with Crippen molar-refractivity contribution in [2.24, 2.45) is 0 Å². The molecule has 0 aliphatic heterocycles. The molecule has 0 saturated heterocycles. The van der Waals surface area contributed by atoms with Crippen LogP contribution in [0.25, 0.3) is 10.9 Å². The molecule has 0 amide bonds. The van der Waals surface area contributed by atoms with Gasteiger partial charge in [-0.15, -0.1) is 0 Å². The largest absolute Gasteiger partial charge is 0.395 e. The molecule has 10 heteroatoms. The zero-order valence-electron chi connectivity index (χ0n) is 16.0. The Bertz CT molecular complexity index is 827. The molecular weight excluding hydrogens is 406 g/mol. The van der Waals surface area contributed by atoms with Gasteiger partial charge < -0.3 is 15.7 Å². The van der Waals surface area contributed by atoms with Crippen molar-refractivity contribution < 1.29 is 22.6 Å². The summed E-state index contributed by atoms with van der Waals surface area (Å²) in [4.78, 5) is 4.37. The maximum atomic E-state index is 8.81. The molecule has 5 N–H and O–H groups in total. The van der Waals surface area contributed by atoms with Crippen molar-refractivity contribution in [2.45, 2.75) is 45.2 Å². The van der Waals surface area contributed by atoms with E-state index >= 15 is 0 Å². The first-order chi connectivity index (χ1) is 13.1. The third-order valence-corrected chi connectivity index (χ3v) is 4.22. The number of nitrogens with zero attached hydrogens (tertiary/aromatic N) is 1. The lowest BCUT2D eigenvalue weighted by Crippen LogP contribution is -2.29. The summed E-state index contributed by atoms with van der Waals surface area (Å²) in [6.07, 6.45) is 5.17. The summed E-state index contributed by atoms with van der Waals surface area (Å²) in [6, 6.07) is 8.65. The summed E-state index contributed by atoms with van der Waals surface area (Å²) in [5.41, 5.74) is 2.02. The number of hydrogen-bond acceptors (Lipinski definition) is 6. The summed E-state index contributed by atoms with van der Waals surface area (Å²) in [5.74, 6) is 0. The molecule has 0 fully saturated rings. The SMILES string of the molecule is CC(CCCC(C)Nc1ccnc2cc(Cl)ccc12)NCCO.O=S(=O)(O)O. The van der Waals surface area contributed by atoms with Gasteiger partial charge in [-0.1, -0.05) is 11.6 Å². The van der Waals surface area contributed by atoms with Gasteiger partial charge in [0.1, 0.15) is 0 Å². The molecule has 1 aromatic carbocycles. The summed E-state index contributed by atoms with van der Waals surface area (Å²) < 4.78 is 31.6. The van der Waals surface area contributed by atoms with Gasteiger partial charge in [0.05, 0.1) is 12.1 Å². The molecule has 2 unspecified atom stereocenters. The average molecular weight is 434 g/mol. The molecule has 0 bridgehead atoms. The average Bonchev–Trinajstić information content (AvgIpc) is 2.58. The number of aliphatic hydroxyl groups is 1. The lowest BCUT2D eigenvalue weighted by Gasteiger charge is -2.18. The van der Waals surface area contributed by atoms with Crippen LogP contribution in [0.2, 0.25) is 5.02 Å². The fraction of sp³-hybridized carbons (Fsp3) is 0.500. The molecule has 2 aromatic rings. The van der Waals surface area contributed by atoms with Crippen molar-refractivity contribution in [1.82, 2.24) is 10.3 Å². The highest BCUT2D eigenvalue weighted by Crippen LogP contribution is 2.25. The van der Waals surface area contributed by atoms with Gasteiger partial charge in [-0.05, 0) is 57.4 Å². The fourth-order valence-electron chi connectivity index (χ4n) is 2.73. The molecule has 0 aliphatic rings. The van der Waals surface area contributed by atoms with Gasteiger partial charge in [0.15, 0.2) is 0 Å². The summed E-state index contributed by atoms with van der Waals surface area (Å²) in [5, 5.41) is 17.5. The highest BCUT2D eigenvalue weighted by atomic mass is 35.5. The fourth-order valence-corrected chi connectivity index (χ4v) is 2.89. The second-order valence-corrected chi connectivity index (χ2v) is 7.85. The molecule has 0 spiro atoms. The molecule has 158 valence electrons. The molecule has 1 aromatic heterocycles. The molecule has 8 nitrogen and oxygen atoms in total. The van der Waals surface area contributed by atoms with E-state index in [9.17, 15) is 0 Å². The van der Waals surface area contributed by atoms with Crippen molar-refractivity contribution in [1.29, 1.82) is 0 Å². The van der Waals surface area contributed by atoms with Crippen LogP contribution in [0.15, 0.2) is 30.5 Å². The monoisotopic (exact) mass is 433 g/mol. The van der Waals surface area contributed by atoms with E-state index in [0.29, 0.717) is 23.7 Å². The predicted molar refractivity (Wildman–Crippen MR) is 112 cm³/mol. The number of anilines is 1. The van der Waals surface area contributed by atoms with Gasteiger partial charge in [-0.3, -0.25) is 14.1 Å². The first-order valence-electron chi connectivity index (χ1n) is 8.95. The number of pyridine rings is 1. The Balaban J connectivity index is 0.000000696. The van der Waals surface area contributed by atoms with Crippen molar-refractivity contribution in [3.8, 4) is 0 Å². The van der Waals surface area contributed by atoms with E-state index in [1.54, 1.807) is 0 Å². The second kappa shape index (κ2) is 12.2. The van der Waals surface area contributed by atoms with Crippen molar-refractivity contribution in [3.63, 3.8) is 0 Å². The quantitative estimate of drug-likeness (QED) is 0.381. The van der Waals surface area contributed by atoms with Crippen molar-refractivity contribution in [3.05, 3.63) is 35.5 Å².